The lowest BCUT2D eigenvalue weighted by molar-refractivity contribution is 0.0950. The molecular weight excluding hydrogens is 256 g/mol. The van der Waals surface area contributed by atoms with Crippen molar-refractivity contribution in [3.63, 3.8) is 0 Å². The first-order chi connectivity index (χ1) is 9.60. The van der Waals surface area contributed by atoms with Gasteiger partial charge in [0, 0.05) is 18.7 Å². The van der Waals surface area contributed by atoms with Crippen LogP contribution in [0.5, 0.6) is 11.5 Å². The molecule has 0 aliphatic heterocycles. The number of hydrogen-bond acceptors (Lipinski definition) is 4. The van der Waals surface area contributed by atoms with E-state index in [2.05, 4.69) is 5.32 Å². The zero-order chi connectivity index (χ0) is 14.5. The van der Waals surface area contributed by atoms with Gasteiger partial charge in [0.1, 0.15) is 0 Å². The van der Waals surface area contributed by atoms with Crippen LogP contribution in [0.3, 0.4) is 0 Å². The highest BCUT2D eigenvalue weighted by molar-refractivity contribution is 5.94. The van der Waals surface area contributed by atoms with E-state index >= 15 is 0 Å². The molecule has 2 aromatic carbocycles. The molecule has 5 heteroatoms. The number of amides is 1. The minimum atomic E-state index is -0.316. The summed E-state index contributed by atoms with van der Waals surface area (Å²) in [6.45, 7) is 0.866. The Balaban J connectivity index is 1.98. The number of carbonyl (C=O) groups is 1. The molecule has 5 N–H and O–H groups in total. The van der Waals surface area contributed by atoms with Crippen molar-refractivity contribution in [3.05, 3.63) is 59.2 Å². The fourth-order valence-corrected chi connectivity index (χ4v) is 1.74. The van der Waals surface area contributed by atoms with E-state index in [1.807, 2.05) is 24.3 Å². The Labute approximate surface area is 116 Å². The largest absolute Gasteiger partial charge is 0.504 e. The summed E-state index contributed by atoms with van der Waals surface area (Å²) in [4.78, 5) is 11.9. The van der Waals surface area contributed by atoms with E-state index in [0.717, 1.165) is 11.1 Å². The van der Waals surface area contributed by atoms with Gasteiger partial charge in [-0.1, -0.05) is 24.3 Å². The van der Waals surface area contributed by atoms with Crippen molar-refractivity contribution < 1.29 is 15.0 Å². The first kappa shape index (κ1) is 13.9. The minimum absolute atomic E-state index is 0.251. The van der Waals surface area contributed by atoms with E-state index in [9.17, 15) is 15.0 Å². The van der Waals surface area contributed by atoms with Crippen molar-refractivity contribution in [3.8, 4) is 11.5 Å². The van der Waals surface area contributed by atoms with Crippen LogP contribution in [0.15, 0.2) is 42.5 Å². The third kappa shape index (κ3) is 3.27. The second kappa shape index (κ2) is 6.08. The standard InChI is InChI=1S/C15H16N2O3/c16-8-10-1-3-11(4-2-10)9-17-15(20)12-5-6-13(18)14(19)7-12/h1-7,18-19H,8-9,16H2,(H,17,20). The first-order valence-corrected chi connectivity index (χ1v) is 6.18. The molecule has 20 heavy (non-hydrogen) atoms. The number of rotatable bonds is 4. The predicted octanol–water partition coefficient (Wildman–Crippen LogP) is 1.49. The maximum atomic E-state index is 11.9. The van der Waals surface area contributed by atoms with Gasteiger partial charge in [0.05, 0.1) is 0 Å². The number of phenolic OH excluding ortho intramolecular Hbond substituents is 2. The van der Waals surface area contributed by atoms with Crippen molar-refractivity contribution in [1.82, 2.24) is 5.32 Å². The average molecular weight is 272 g/mol. The van der Waals surface area contributed by atoms with Gasteiger partial charge in [-0.25, -0.2) is 0 Å². The van der Waals surface area contributed by atoms with Crippen LogP contribution in [0.25, 0.3) is 0 Å². The zero-order valence-corrected chi connectivity index (χ0v) is 10.8. The maximum absolute atomic E-state index is 11.9. The van der Waals surface area contributed by atoms with Gasteiger partial charge in [-0.2, -0.15) is 0 Å². The van der Waals surface area contributed by atoms with Crippen LogP contribution in [0.4, 0.5) is 0 Å². The topological polar surface area (TPSA) is 95.6 Å². The number of nitrogens with two attached hydrogens (primary N) is 1. The van der Waals surface area contributed by atoms with Crippen LogP contribution in [-0.4, -0.2) is 16.1 Å². The molecule has 0 bridgehead atoms. The van der Waals surface area contributed by atoms with Gasteiger partial charge in [-0.15, -0.1) is 0 Å². The first-order valence-electron chi connectivity index (χ1n) is 6.18. The summed E-state index contributed by atoms with van der Waals surface area (Å²) >= 11 is 0. The summed E-state index contributed by atoms with van der Waals surface area (Å²) in [5.41, 5.74) is 7.79. The molecule has 2 aromatic rings. The Kier molecular flexibility index (Phi) is 4.22. The summed E-state index contributed by atoms with van der Waals surface area (Å²) in [5.74, 6) is -0.882. The maximum Gasteiger partial charge on any atom is 0.251 e. The number of carbonyl (C=O) groups excluding carboxylic acids is 1. The van der Waals surface area contributed by atoms with Crippen LogP contribution in [0.1, 0.15) is 21.5 Å². The molecule has 0 aliphatic carbocycles. The van der Waals surface area contributed by atoms with E-state index < -0.39 is 0 Å². The summed E-state index contributed by atoms with van der Waals surface area (Å²) in [5, 5.41) is 21.3. The third-order valence-electron chi connectivity index (χ3n) is 2.95. The molecule has 104 valence electrons. The molecule has 0 unspecified atom stereocenters. The Morgan fingerprint density at radius 3 is 2.25 bits per heavy atom. The average Bonchev–Trinajstić information content (AvgIpc) is 2.48. The molecule has 0 atom stereocenters. The fraction of sp³-hybridized carbons (Fsp3) is 0.133. The summed E-state index contributed by atoms with van der Waals surface area (Å²) in [7, 11) is 0. The van der Waals surface area contributed by atoms with Crippen molar-refractivity contribution in [1.29, 1.82) is 0 Å². The van der Waals surface area contributed by atoms with Crippen LogP contribution >= 0.6 is 0 Å². The van der Waals surface area contributed by atoms with E-state index in [1.54, 1.807) is 0 Å². The summed E-state index contributed by atoms with van der Waals surface area (Å²) < 4.78 is 0. The number of benzene rings is 2. The predicted molar refractivity (Wildman–Crippen MR) is 75.3 cm³/mol. The van der Waals surface area contributed by atoms with Gasteiger partial charge < -0.3 is 21.3 Å². The lowest BCUT2D eigenvalue weighted by Crippen LogP contribution is -2.22. The SMILES string of the molecule is NCc1ccc(CNC(=O)c2ccc(O)c(O)c2)cc1. The quantitative estimate of drug-likeness (QED) is 0.634. The van der Waals surface area contributed by atoms with Crippen LogP contribution in [0.2, 0.25) is 0 Å². The molecule has 0 aromatic heterocycles. The van der Waals surface area contributed by atoms with Crippen LogP contribution in [-0.2, 0) is 13.1 Å². The highest BCUT2D eigenvalue weighted by Crippen LogP contribution is 2.24. The smallest absolute Gasteiger partial charge is 0.251 e. The van der Waals surface area contributed by atoms with E-state index in [4.69, 9.17) is 5.73 Å². The minimum Gasteiger partial charge on any atom is -0.504 e. The Bertz CT molecular complexity index is 609. The van der Waals surface area contributed by atoms with E-state index in [1.165, 1.54) is 18.2 Å². The lowest BCUT2D eigenvalue weighted by Gasteiger charge is -2.07. The zero-order valence-electron chi connectivity index (χ0n) is 10.8. The van der Waals surface area contributed by atoms with Gasteiger partial charge >= 0.3 is 0 Å². The molecule has 1 amide bonds. The summed E-state index contributed by atoms with van der Waals surface area (Å²) in [6, 6.07) is 11.6. The van der Waals surface area contributed by atoms with Gasteiger partial charge in [0.15, 0.2) is 11.5 Å². The molecule has 0 heterocycles. The molecule has 0 radical (unpaired) electrons. The highest BCUT2D eigenvalue weighted by atomic mass is 16.3. The third-order valence-corrected chi connectivity index (χ3v) is 2.95. The van der Waals surface area contributed by atoms with E-state index in [0.29, 0.717) is 18.7 Å². The number of hydrogen-bond donors (Lipinski definition) is 4. The molecular formula is C15H16N2O3. The Morgan fingerprint density at radius 1 is 1.00 bits per heavy atom. The lowest BCUT2D eigenvalue weighted by atomic mass is 10.1. The van der Waals surface area contributed by atoms with Crippen LogP contribution in [0, 0.1) is 0 Å². The van der Waals surface area contributed by atoms with Gasteiger partial charge in [-0.3, -0.25) is 4.79 Å². The van der Waals surface area contributed by atoms with Gasteiger partial charge in [0.25, 0.3) is 5.91 Å². The second-order valence-electron chi connectivity index (χ2n) is 4.41. The number of phenols is 2. The Hall–Kier alpha value is -2.53. The van der Waals surface area contributed by atoms with Crippen molar-refractivity contribution in [2.75, 3.05) is 0 Å². The molecule has 0 spiro atoms. The van der Waals surface area contributed by atoms with Crippen molar-refractivity contribution >= 4 is 5.91 Å². The molecule has 5 nitrogen and oxygen atoms in total. The molecule has 0 aliphatic rings. The van der Waals surface area contributed by atoms with Gasteiger partial charge in [0.2, 0.25) is 0 Å². The molecule has 0 fully saturated rings. The molecule has 0 saturated heterocycles. The van der Waals surface area contributed by atoms with Crippen LogP contribution < -0.4 is 11.1 Å². The van der Waals surface area contributed by atoms with Crippen molar-refractivity contribution in [2.45, 2.75) is 13.1 Å². The van der Waals surface area contributed by atoms with E-state index in [-0.39, 0.29) is 17.4 Å². The fourth-order valence-electron chi connectivity index (χ4n) is 1.74. The number of aromatic hydroxyl groups is 2. The summed E-state index contributed by atoms with van der Waals surface area (Å²) in [6.07, 6.45) is 0. The molecule has 2 rings (SSSR count). The van der Waals surface area contributed by atoms with Crippen molar-refractivity contribution in [2.24, 2.45) is 5.73 Å². The molecule has 0 saturated carbocycles. The monoisotopic (exact) mass is 272 g/mol. The Morgan fingerprint density at radius 2 is 1.65 bits per heavy atom. The highest BCUT2D eigenvalue weighted by Gasteiger charge is 2.08. The number of nitrogens with one attached hydrogen (secondary N) is 1. The normalized spacial score (nSPS) is 10.2. The van der Waals surface area contributed by atoms with Gasteiger partial charge in [-0.05, 0) is 29.3 Å². The second-order valence-corrected chi connectivity index (χ2v) is 4.41.